The van der Waals surface area contributed by atoms with E-state index in [9.17, 15) is 4.79 Å². The number of benzene rings is 1. The van der Waals surface area contributed by atoms with Gasteiger partial charge < -0.3 is 5.32 Å². The monoisotopic (exact) mass is 319 g/mol. The maximum atomic E-state index is 12.1. The topological polar surface area (TPSA) is 29.1 Å². The highest BCUT2D eigenvalue weighted by Gasteiger charge is 2.27. The van der Waals surface area contributed by atoms with E-state index in [0.717, 1.165) is 23.8 Å². The Bertz CT molecular complexity index is 488. The number of carbonyl (C=O) groups excluding carboxylic acids is 1. The van der Waals surface area contributed by atoms with E-state index < -0.39 is 0 Å². The summed E-state index contributed by atoms with van der Waals surface area (Å²) in [5, 5.41) is 3.26. The molecule has 3 heteroatoms. The first-order valence-corrected chi connectivity index (χ1v) is 9.65. The molecular formula is C19H29NOS. The minimum absolute atomic E-state index is 0.225. The first-order valence-electron chi connectivity index (χ1n) is 8.49. The van der Waals surface area contributed by atoms with E-state index >= 15 is 0 Å². The Hall–Kier alpha value is -0.960. The van der Waals surface area contributed by atoms with Gasteiger partial charge in [0.1, 0.15) is 0 Å². The summed E-state index contributed by atoms with van der Waals surface area (Å²) in [6, 6.07) is 8.87. The fourth-order valence-corrected chi connectivity index (χ4v) is 4.20. The zero-order chi connectivity index (χ0) is 15.9. The van der Waals surface area contributed by atoms with Crippen molar-refractivity contribution < 1.29 is 4.79 Å². The summed E-state index contributed by atoms with van der Waals surface area (Å²) >= 11 is 1.85. The highest BCUT2D eigenvalue weighted by atomic mass is 32.2. The first kappa shape index (κ1) is 17.4. The molecule has 1 aromatic carbocycles. The molecular weight excluding hydrogens is 290 g/mol. The predicted octanol–water partition coefficient (Wildman–Crippen LogP) is 4.56. The quantitative estimate of drug-likeness (QED) is 0.779. The zero-order valence-electron chi connectivity index (χ0n) is 14.1. The van der Waals surface area contributed by atoms with Crippen LogP contribution >= 0.6 is 11.8 Å². The molecule has 22 heavy (non-hydrogen) atoms. The maximum Gasteiger partial charge on any atom is 0.221 e. The van der Waals surface area contributed by atoms with Crippen LogP contribution in [0.1, 0.15) is 50.7 Å². The fraction of sp³-hybridized carbons (Fsp3) is 0.632. The molecule has 122 valence electrons. The second kappa shape index (κ2) is 8.61. The van der Waals surface area contributed by atoms with Gasteiger partial charge in [-0.3, -0.25) is 4.79 Å². The van der Waals surface area contributed by atoms with Crippen LogP contribution in [0.25, 0.3) is 0 Å². The van der Waals surface area contributed by atoms with E-state index in [1.54, 1.807) is 0 Å². The zero-order valence-corrected chi connectivity index (χ0v) is 14.9. The molecule has 0 radical (unpaired) electrons. The van der Waals surface area contributed by atoms with Crippen molar-refractivity contribution in [2.75, 3.05) is 5.75 Å². The number of carbonyl (C=O) groups is 1. The molecule has 0 saturated heterocycles. The van der Waals surface area contributed by atoms with Crippen molar-refractivity contribution in [3.8, 4) is 0 Å². The van der Waals surface area contributed by atoms with Gasteiger partial charge in [-0.2, -0.15) is 11.8 Å². The van der Waals surface area contributed by atoms with Crippen LogP contribution in [0.3, 0.4) is 0 Å². The molecule has 0 aromatic heterocycles. The van der Waals surface area contributed by atoms with Gasteiger partial charge in [0.25, 0.3) is 0 Å². The van der Waals surface area contributed by atoms with Crippen molar-refractivity contribution in [1.29, 1.82) is 0 Å². The number of nitrogens with one attached hydrogen (secondary N) is 1. The van der Waals surface area contributed by atoms with Crippen molar-refractivity contribution in [3.63, 3.8) is 0 Å². The predicted molar refractivity (Wildman–Crippen MR) is 96.1 cm³/mol. The van der Waals surface area contributed by atoms with Gasteiger partial charge in [-0.1, -0.05) is 51.0 Å². The summed E-state index contributed by atoms with van der Waals surface area (Å²) in [7, 11) is 0. The van der Waals surface area contributed by atoms with Crippen molar-refractivity contribution >= 4 is 17.7 Å². The number of amides is 1. The molecule has 2 rings (SSSR count). The normalized spacial score (nSPS) is 25.0. The fourth-order valence-electron chi connectivity index (χ4n) is 3.18. The highest BCUT2D eigenvalue weighted by molar-refractivity contribution is 7.98. The van der Waals surface area contributed by atoms with Gasteiger partial charge in [-0.15, -0.1) is 0 Å². The van der Waals surface area contributed by atoms with Crippen LogP contribution in [0.2, 0.25) is 0 Å². The average molecular weight is 320 g/mol. The maximum absolute atomic E-state index is 12.1. The van der Waals surface area contributed by atoms with Gasteiger partial charge in [0.15, 0.2) is 0 Å². The molecule has 1 saturated carbocycles. The van der Waals surface area contributed by atoms with Crippen molar-refractivity contribution in [1.82, 2.24) is 5.32 Å². The second-order valence-electron chi connectivity index (χ2n) is 6.67. The third kappa shape index (κ3) is 5.05. The summed E-state index contributed by atoms with van der Waals surface area (Å²) in [4.78, 5) is 12.1. The second-order valence-corrected chi connectivity index (χ2v) is 7.78. The molecule has 1 fully saturated rings. The van der Waals surface area contributed by atoms with Crippen molar-refractivity contribution in [2.45, 2.75) is 58.2 Å². The third-order valence-electron chi connectivity index (χ3n) is 5.05. The summed E-state index contributed by atoms with van der Waals surface area (Å²) in [5.74, 6) is 3.46. The lowest BCUT2D eigenvalue weighted by Gasteiger charge is -2.34. The molecule has 0 spiro atoms. The minimum Gasteiger partial charge on any atom is -0.353 e. The summed E-state index contributed by atoms with van der Waals surface area (Å²) in [5.41, 5.74) is 2.71. The Balaban J connectivity index is 1.67. The van der Waals surface area contributed by atoms with Gasteiger partial charge >= 0.3 is 0 Å². The number of hydrogen-bond acceptors (Lipinski definition) is 2. The Morgan fingerprint density at radius 2 is 2.05 bits per heavy atom. The van der Waals surface area contributed by atoms with E-state index in [0.29, 0.717) is 18.4 Å². The van der Waals surface area contributed by atoms with E-state index in [-0.39, 0.29) is 5.91 Å². The molecule has 3 atom stereocenters. The third-order valence-corrected chi connectivity index (χ3v) is 6.05. The van der Waals surface area contributed by atoms with Crippen molar-refractivity contribution in [2.24, 2.45) is 11.8 Å². The molecule has 0 unspecified atom stereocenters. The number of rotatable bonds is 6. The van der Waals surface area contributed by atoms with E-state index in [2.05, 4.69) is 50.4 Å². The molecule has 0 bridgehead atoms. The smallest absolute Gasteiger partial charge is 0.221 e. The van der Waals surface area contributed by atoms with Gasteiger partial charge in [-0.05, 0) is 36.3 Å². The molecule has 0 heterocycles. The van der Waals surface area contributed by atoms with Gasteiger partial charge in [-0.25, -0.2) is 0 Å². The lowest BCUT2D eigenvalue weighted by atomic mass is 9.78. The molecule has 1 aliphatic rings. The van der Waals surface area contributed by atoms with Crippen LogP contribution in [0, 0.1) is 18.8 Å². The number of hydrogen-bond donors (Lipinski definition) is 1. The van der Waals surface area contributed by atoms with Gasteiger partial charge in [0, 0.05) is 24.0 Å². The molecule has 1 aliphatic carbocycles. The standard InChI is InChI=1S/C19H29NOS/c1-14-8-6-10-18(16(14)3)20-19(21)11-12-22-13-17-9-5-4-7-15(17)2/h4-5,7,9,14,16,18H,6,8,10-13H2,1-3H3,(H,20,21)/t14-,16+,18+/m0/s1. The largest absolute Gasteiger partial charge is 0.353 e. The van der Waals surface area contributed by atoms with Crippen molar-refractivity contribution in [3.05, 3.63) is 35.4 Å². The van der Waals surface area contributed by atoms with E-state index in [4.69, 9.17) is 0 Å². The highest BCUT2D eigenvalue weighted by Crippen LogP contribution is 2.29. The number of aryl methyl sites for hydroxylation is 1. The van der Waals surface area contributed by atoms with Crippen LogP contribution < -0.4 is 5.32 Å². The molecule has 1 amide bonds. The van der Waals surface area contributed by atoms with Crippen LogP contribution in [-0.2, 0) is 10.5 Å². The van der Waals surface area contributed by atoms with E-state index in [1.807, 2.05) is 11.8 Å². The van der Waals surface area contributed by atoms with Crippen LogP contribution in [-0.4, -0.2) is 17.7 Å². The molecule has 0 aliphatic heterocycles. The Morgan fingerprint density at radius 1 is 1.27 bits per heavy atom. The Kier molecular flexibility index (Phi) is 6.81. The van der Waals surface area contributed by atoms with Gasteiger partial charge in [0.2, 0.25) is 5.91 Å². The Morgan fingerprint density at radius 3 is 2.82 bits per heavy atom. The number of thioether (sulfide) groups is 1. The van der Waals surface area contributed by atoms with E-state index in [1.165, 1.54) is 24.0 Å². The first-order chi connectivity index (χ1) is 10.6. The molecule has 1 aromatic rings. The van der Waals surface area contributed by atoms with Crippen LogP contribution in [0.4, 0.5) is 0 Å². The summed E-state index contributed by atoms with van der Waals surface area (Å²) in [6.07, 6.45) is 4.33. The average Bonchev–Trinajstić information content (AvgIpc) is 2.50. The molecule has 1 N–H and O–H groups in total. The SMILES string of the molecule is Cc1ccccc1CSCCC(=O)N[C@@H]1CCC[C@H](C)[C@H]1C. The van der Waals surface area contributed by atoms with Crippen LogP contribution in [0.15, 0.2) is 24.3 Å². The van der Waals surface area contributed by atoms with Gasteiger partial charge in [0.05, 0.1) is 0 Å². The minimum atomic E-state index is 0.225. The van der Waals surface area contributed by atoms with Crippen LogP contribution in [0.5, 0.6) is 0 Å². The lowest BCUT2D eigenvalue weighted by molar-refractivity contribution is -0.122. The molecule has 2 nitrogen and oxygen atoms in total. The lowest BCUT2D eigenvalue weighted by Crippen LogP contribution is -2.43. The summed E-state index contributed by atoms with van der Waals surface area (Å²) in [6.45, 7) is 6.73. The Labute approximate surface area is 139 Å². The summed E-state index contributed by atoms with van der Waals surface area (Å²) < 4.78 is 0.